The minimum Gasteiger partial charge on any atom is -0.493 e. The van der Waals surface area contributed by atoms with Crippen LogP contribution in [0, 0.1) is 0 Å². The van der Waals surface area contributed by atoms with Crippen molar-refractivity contribution in [3.63, 3.8) is 0 Å². The van der Waals surface area contributed by atoms with E-state index >= 15 is 0 Å². The lowest BCUT2D eigenvalue weighted by atomic mass is 9.86. The first-order valence-electron chi connectivity index (χ1n) is 17.5. The molecule has 0 aromatic heterocycles. The van der Waals surface area contributed by atoms with Gasteiger partial charge in [-0.25, -0.2) is 0 Å². The molecule has 8 heteroatoms. The second kappa shape index (κ2) is 13.8. The van der Waals surface area contributed by atoms with Crippen molar-refractivity contribution in [3.8, 4) is 46.0 Å². The molecule has 0 amide bonds. The van der Waals surface area contributed by atoms with E-state index in [1.807, 2.05) is 13.0 Å². The molecule has 0 saturated carbocycles. The fourth-order valence-electron chi connectivity index (χ4n) is 7.84. The maximum Gasteiger partial charge on any atom is 0.204 e. The molecular weight excluding hydrogens is 616 g/mol. The number of hydrogen-bond donors (Lipinski definition) is 0. The molecule has 8 rings (SSSR count). The fraction of sp³-hybridized carbons (Fsp3) is 0.415. The molecule has 4 heterocycles. The Balaban J connectivity index is 1.48. The van der Waals surface area contributed by atoms with Crippen molar-refractivity contribution < 1.29 is 28.4 Å². The summed E-state index contributed by atoms with van der Waals surface area (Å²) in [5.74, 6) is 5.52. The molecule has 0 N–H and O–H groups in total. The summed E-state index contributed by atoms with van der Waals surface area (Å²) in [4.78, 5) is 5.00. The van der Waals surface area contributed by atoms with Gasteiger partial charge in [0.05, 0.1) is 27.9 Å². The van der Waals surface area contributed by atoms with Crippen molar-refractivity contribution in [2.45, 2.75) is 64.6 Å². The van der Waals surface area contributed by atoms with Crippen LogP contribution in [0.25, 0.3) is 0 Å². The van der Waals surface area contributed by atoms with Crippen LogP contribution >= 0.6 is 0 Å². The number of benzene rings is 4. The summed E-state index contributed by atoms with van der Waals surface area (Å²) in [5.41, 5.74) is 7.22. The first-order chi connectivity index (χ1) is 23.8. The Morgan fingerprint density at radius 1 is 0.735 bits per heavy atom. The Morgan fingerprint density at radius 2 is 1.41 bits per heavy atom. The monoisotopic (exact) mass is 664 g/mol. The summed E-state index contributed by atoms with van der Waals surface area (Å²) in [6.07, 6.45) is 3.38. The quantitative estimate of drug-likeness (QED) is 0.204. The molecule has 2 atom stereocenters. The van der Waals surface area contributed by atoms with Crippen LogP contribution in [0.3, 0.4) is 0 Å². The molecule has 0 aliphatic carbocycles. The molecule has 0 spiro atoms. The Labute approximate surface area is 290 Å². The molecule has 8 nitrogen and oxygen atoms in total. The molecule has 0 unspecified atom stereocenters. The molecule has 4 aliphatic rings. The van der Waals surface area contributed by atoms with E-state index in [4.69, 9.17) is 28.4 Å². The van der Waals surface area contributed by atoms with Crippen LogP contribution in [0.5, 0.6) is 46.0 Å². The topological polar surface area (TPSA) is 61.9 Å². The van der Waals surface area contributed by atoms with Gasteiger partial charge in [-0.1, -0.05) is 18.2 Å². The molecule has 4 aliphatic heterocycles. The average Bonchev–Trinajstić information content (AvgIpc) is 3.10. The standard InChI is InChI=1S/C41H48N2O6/c1-8-47-40-38(46-7)23-29-15-17-42(4)33-20-27-11-14-34(44-5)36(21-27)48-30-12-9-26(10-13-30)19-32-31-24-37(49-41(40)39(29)33)35(45-6)22-28(31)16-18-43(32)25(2)3/h9-14,21-25,32-33H,8,15-20H2,1-7H3/t32-,33-/m0/s1. The van der Waals surface area contributed by atoms with Gasteiger partial charge in [0.2, 0.25) is 5.75 Å². The number of hydrogen-bond acceptors (Lipinski definition) is 8. The third-order valence-electron chi connectivity index (χ3n) is 10.4. The molecular formula is C41H48N2O6. The van der Waals surface area contributed by atoms with Crippen LogP contribution in [0.4, 0.5) is 0 Å². The predicted molar refractivity (Wildman–Crippen MR) is 192 cm³/mol. The van der Waals surface area contributed by atoms with Gasteiger partial charge in [-0.05, 0) is 124 Å². The van der Waals surface area contributed by atoms with E-state index in [1.165, 1.54) is 22.3 Å². The van der Waals surface area contributed by atoms with Crippen LogP contribution in [-0.4, -0.2) is 63.9 Å². The molecule has 258 valence electrons. The van der Waals surface area contributed by atoms with Gasteiger partial charge in [0, 0.05) is 36.8 Å². The molecule has 6 bridgehead atoms. The van der Waals surface area contributed by atoms with Gasteiger partial charge >= 0.3 is 0 Å². The SMILES string of the molecule is CCOc1c(OC)cc2c3c1Oc1cc4c(cc1OC)CCN(C(C)C)[C@H]4Cc1ccc(cc1)Oc1cc(ccc1OC)C[C@@H]3N(C)CC2. The number of methoxy groups -OCH3 is 3. The van der Waals surface area contributed by atoms with Crippen molar-refractivity contribution in [2.75, 3.05) is 48.1 Å². The highest BCUT2D eigenvalue weighted by Gasteiger charge is 2.35. The lowest BCUT2D eigenvalue weighted by Crippen LogP contribution is -2.41. The van der Waals surface area contributed by atoms with Crippen molar-refractivity contribution >= 4 is 0 Å². The maximum atomic E-state index is 7.15. The average molecular weight is 665 g/mol. The third-order valence-corrected chi connectivity index (χ3v) is 10.4. The Kier molecular flexibility index (Phi) is 9.36. The van der Waals surface area contributed by atoms with Gasteiger partial charge < -0.3 is 28.4 Å². The Morgan fingerprint density at radius 3 is 2.12 bits per heavy atom. The van der Waals surface area contributed by atoms with Gasteiger partial charge in [-0.3, -0.25) is 9.80 Å². The summed E-state index contributed by atoms with van der Waals surface area (Å²) in [5, 5.41) is 0. The fourth-order valence-corrected chi connectivity index (χ4v) is 7.84. The van der Waals surface area contributed by atoms with Crippen molar-refractivity contribution in [3.05, 3.63) is 94.0 Å². The van der Waals surface area contributed by atoms with E-state index < -0.39 is 0 Å². The zero-order chi connectivity index (χ0) is 34.2. The summed E-state index contributed by atoms with van der Waals surface area (Å²) < 4.78 is 37.8. The smallest absolute Gasteiger partial charge is 0.204 e. The van der Waals surface area contributed by atoms with Crippen LogP contribution in [0.15, 0.2) is 60.7 Å². The third kappa shape index (κ3) is 6.28. The van der Waals surface area contributed by atoms with Gasteiger partial charge in [0.1, 0.15) is 5.75 Å². The molecule has 0 radical (unpaired) electrons. The van der Waals surface area contributed by atoms with E-state index in [1.54, 1.807) is 21.3 Å². The molecule has 4 aromatic carbocycles. The van der Waals surface area contributed by atoms with Gasteiger partial charge in [-0.2, -0.15) is 0 Å². The number of fused-ring (bicyclic) bond motifs is 2. The van der Waals surface area contributed by atoms with E-state index in [-0.39, 0.29) is 12.1 Å². The largest absolute Gasteiger partial charge is 0.493 e. The summed E-state index contributed by atoms with van der Waals surface area (Å²) in [6, 6.07) is 21.8. The maximum absolute atomic E-state index is 7.15. The van der Waals surface area contributed by atoms with Crippen molar-refractivity contribution in [1.29, 1.82) is 0 Å². The zero-order valence-electron chi connectivity index (χ0n) is 29.8. The van der Waals surface area contributed by atoms with Crippen LogP contribution in [-0.2, 0) is 25.7 Å². The van der Waals surface area contributed by atoms with Crippen molar-refractivity contribution in [2.24, 2.45) is 0 Å². The number of likely N-dealkylation sites (N-methyl/N-ethyl adjacent to an activating group) is 1. The molecule has 0 fully saturated rings. The molecule has 0 saturated heterocycles. The highest BCUT2D eigenvalue weighted by atomic mass is 16.6. The van der Waals surface area contributed by atoms with E-state index in [2.05, 4.69) is 85.3 Å². The number of rotatable bonds is 6. The van der Waals surface area contributed by atoms with Crippen LogP contribution in [0.1, 0.15) is 66.2 Å². The van der Waals surface area contributed by atoms with Gasteiger partial charge in [0.15, 0.2) is 34.5 Å². The predicted octanol–water partition coefficient (Wildman–Crippen LogP) is 8.33. The Hall–Kier alpha value is -4.40. The van der Waals surface area contributed by atoms with Gasteiger partial charge in [-0.15, -0.1) is 0 Å². The van der Waals surface area contributed by atoms with Gasteiger partial charge in [0.25, 0.3) is 0 Å². The summed E-state index contributed by atoms with van der Waals surface area (Å²) >= 11 is 0. The summed E-state index contributed by atoms with van der Waals surface area (Å²) in [6.45, 7) is 8.89. The zero-order valence-corrected chi connectivity index (χ0v) is 29.8. The highest BCUT2D eigenvalue weighted by Crippen LogP contribution is 2.52. The minimum atomic E-state index is -0.00363. The highest BCUT2D eigenvalue weighted by molar-refractivity contribution is 5.64. The second-order valence-corrected chi connectivity index (χ2v) is 13.5. The first-order valence-corrected chi connectivity index (χ1v) is 17.5. The normalized spacial score (nSPS) is 18.9. The van der Waals surface area contributed by atoms with E-state index in [0.29, 0.717) is 52.9 Å². The van der Waals surface area contributed by atoms with Crippen LogP contribution < -0.4 is 28.4 Å². The van der Waals surface area contributed by atoms with Crippen molar-refractivity contribution in [1.82, 2.24) is 9.80 Å². The molecule has 4 aromatic rings. The van der Waals surface area contributed by atoms with E-state index in [9.17, 15) is 0 Å². The lowest BCUT2D eigenvalue weighted by Gasteiger charge is -2.40. The lowest BCUT2D eigenvalue weighted by molar-refractivity contribution is 0.141. The first kappa shape index (κ1) is 33.1. The summed E-state index contributed by atoms with van der Waals surface area (Å²) in [7, 11) is 7.28. The Bertz CT molecular complexity index is 1820. The number of nitrogens with zero attached hydrogens (tertiary/aromatic N) is 2. The minimum absolute atomic E-state index is 0.00363. The van der Waals surface area contributed by atoms with Crippen LogP contribution in [0.2, 0.25) is 0 Å². The number of ether oxygens (including phenoxy) is 6. The second-order valence-electron chi connectivity index (χ2n) is 13.5. The van der Waals surface area contributed by atoms with E-state index in [0.717, 1.165) is 55.6 Å². The molecule has 49 heavy (non-hydrogen) atoms.